The zero-order valence-electron chi connectivity index (χ0n) is 13.3. The summed E-state index contributed by atoms with van der Waals surface area (Å²) in [6, 6.07) is 15.7. The van der Waals surface area contributed by atoms with Crippen molar-refractivity contribution in [3.63, 3.8) is 0 Å². The van der Waals surface area contributed by atoms with Gasteiger partial charge in [0.25, 0.3) is 0 Å². The highest BCUT2D eigenvalue weighted by Crippen LogP contribution is 2.47. The zero-order chi connectivity index (χ0) is 17.0. The van der Waals surface area contributed by atoms with Gasteiger partial charge in [0.2, 0.25) is 0 Å². The molecule has 2 aromatic carbocycles. The van der Waals surface area contributed by atoms with Crippen molar-refractivity contribution in [1.82, 2.24) is 10.6 Å². The molecule has 24 heavy (non-hydrogen) atoms. The molecule has 0 heterocycles. The van der Waals surface area contributed by atoms with Crippen molar-refractivity contribution in [2.75, 3.05) is 13.1 Å². The molecule has 1 aliphatic carbocycles. The van der Waals surface area contributed by atoms with Crippen LogP contribution in [-0.4, -0.2) is 19.1 Å². The standard InChI is InChI=1S/C19H20Cl2N2O/c20-16-7-6-14(17(21)12-16)8-11-22-18(24)23-13-19(9-10-19)15-4-2-1-3-5-15/h1-7,12H,8-11,13H2,(H2,22,23,24). The van der Waals surface area contributed by atoms with Gasteiger partial charge in [0.1, 0.15) is 0 Å². The van der Waals surface area contributed by atoms with Crippen molar-refractivity contribution < 1.29 is 4.79 Å². The third kappa shape index (κ3) is 4.22. The van der Waals surface area contributed by atoms with Gasteiger partial charge in [-0.1, -0.05) is 59.6 Å². The molecule has 2 amide bonds. The van der Waals surface area contributed by atoms with Crippen LogP contribution in [-0.2, 0) is 11.8 Å². The monoisotopic (exact) mass is 362 g/mol. The van der Waals surface area contributed by atoms with Crippen molar-refractivity contribution in [3.8, 4) is 0 Å². The molecule has 126 valence electrons. The Labute approximate surface area is 152 Å². The van der Waals surface area contributed by atoms with E-state index in [2.05, 4.69) is 22.8 Å². The van der Waals surface area contributed by atoms with Crippen molar-refractivity contribution in [2.24, 2.45) is 0 Å². The molecule has 0 unspecified atom stereocenters. The number of rotatable bonds is 6. The molecule has 0 aromatic heterocycles. The molecule has 1 saturated carbocycles. The number of carbonyl (C=O) groups excluding carboxylic acids is 1. The summed E-state index contributed by atoms with van der Waals surface area (Å²) < 4.78 is 0. The number of urea groups is 1. The molecule has 0 spiro atoms. The maximum Gasteiger partial charge on any atom is 0.314 e. The number of amides is 2. The second kappa shape index (κ2) is 7.45. The van der Waals surface area contributed by atoms with E-state index in [9.17, 15) is 4.79 Å². The number of hydrogen-bond donors (Lipinski definition) is 2. The Morgan fingerprint density at radius 1 is 1.04 bits per heavy atom. The van der Waals surface area contributed by atoms with Crippen molar-refractivity contribution in [3.05, 3.63) is 69.7 Å². The van der Waals surface area contributed by atoms with Gasteiger partial charge in [-0.05, 0) is 42.5 Å². The van der Waals surface area contributed by atoms with Gasteiger partial charge in [0, 0.05) is 28.5 Å². The lowest BCUT2D eigenvalue weighted by Gasteiger charge is -2.17. The molecular weight excluding hydrogens is 343 g/mol. The molecule has 2 aromatic rings. The SMILES string of the molecule is O=C(NCCc1ccc(Cl)cc1Cl)NCC1(c2ccccc2)CC1. The minimum atomic E-state index is -0.137. The Morgan fingerprint density at radius 3 is 2.46 bits per heavy atom. The van der Waals surface area contributed by atoms with E-state index < -0.39 is 0 Å². The summed E-state index contributed by atoms with van der Waals surface area (Å²) >= 11 is 12.0. The third-order valence-electron chi connectivity index (χ3n) is 4.52. The molecule has 2 N–H and O–H groups in total. The number of nitrogens with one attached hydrogen (secondary N) is 2. The van der Waals surface area contributed by atoms with Gasteiger partial charge in [-0.3, -0.25) is 0 Å². The summed E-state index contributed by atoms with van der Waals surface area (Å²) in [5.41, 5.74) is 2.40. The summed E-state index contributed by atoms with van der Waals surface area (Å²) in [6.07, 6.45) is 2.92. The molecule has 0 bridgehead atoms. The van der Waals surface area contributed by atoms with E-state index in [0.29, 0.717) is 29.6 Å². The molecule has 0 atom stereocenters. The minimum Gasteiger partial charge on any atom is -0.338 e. The first-order valence-corrected chi connectivity index (χ1v) is 8.86. The lowest BCUT2D eigenvalue weighted by atomic mass is 9.96. The van der Waals surface area contributed by atoms with E-state index in [1.54, 1.807) is 12.1 Å². The molecule has 3 rings (SSSR count). The van der Waals surface area contributed by atoms with Gasteiger partial charge in [0.15, 0.2) is 0 Å². The van der Waals surface area contributed by atoms with Crippen LogP contribution in [0.4, 0.5) is 4.79 Å². The first-order valence-electron chi connectivity index (χ1n) is 8.10. The second-order valence-electron chi connectivity index (χ2n) is 6.24. The van der Waals surface area contributed by atoms with E-state index in [1.165, 1.54) is 5.56 Å². The Morgan fingerprint density at radius 2 is 1.79 bits per heavy atom. The predicted molar refractivity (Wildman–Crippen MR) is 98.9 cm³/mol. The first kappa shape index (κ1) is 17.1. The van der Waals surface area contributed by atoms with Crippen LogP contribution < -0.4 is 10.6 Å². The van der Waals surface area contributed by atoms with Gasteiger partial charge in [-0.2, -0.15) is 0 Å². The molecule has 3 nitrogen and oxygen atoms in total. The van der Waals surface area contributed by atoms with Crippen molar-refractivity contribution in [2.45, 2.75) is 24.7 Å². The van der Waals surface area contributed by atoms with E-state index in [-0.39, 0.29) is 11.4 Å². The van der Waals surface area contributed by atoms with Crippen LogP contribution in [0, 0.1) is 0 Å². The van der Waals surface area contributed by atoms with E-state index in [4.69, 9.17) is 23.2 Å². The number of halogens is 2. The summed E-state index contributed by atoms with van der Waals surface area (Å²) in [5.74, 6) is 0. The Bertz CT molecular complexity index is 715. The lowest BCUT2D eigenvalue weighted by Crippen LogP contribution is -2.40. The molecule has 1 fully saturated rings. The van der Waals surface area contributed by atoms with Crippen LogP contribution in [0.2, 0.25) is 10.0 Å². The third-order valence-corrected chi connectivity index (χ3v) is 5.11. The van der Waals surface area contributed by atoms with Gasteiger partial charge < -0.3 is 10.6 Å². The quantitative estimate of drug-likeness (QED) is 0.776. The van der Waals surface area contributed by atoms with Crippen molar-refractivity contribution >= 4 is 29.2 Å². The Hall–Kier alpha value is -1.71. The van der Waals surface area contributed by atoms with Gasteiger partial charge >= 0.3 is 6.03 Å². The Balaban J connectivity index is 1.43. The summed E-state index contributed by atoms with van der Waals surface area (Å²) in [4.78, 5) is 12.0. The van der Waals surface area contributed by atoms with Gasteiger partial charge in [-0.15, -0.1) is 0 Å². The topological polar surface area (TPSA) is 41.1 Å². The maximum atomic E-state index is 12.0. The van der Waals surface area contributed by atoms with Gasteiger partial charge in [0.05, 0.1) is 0 Å². The van der Waals surface area contributed by atoms with Crippen LogP contribution >= 0.6 is 23.2 Å². The van der Waals surface area contributed by atoms with Gasteiger partial charge in [-0.25, -0.2) is 4.79 Å². The maximum absolute atomic E-state index is 12.0. The van der Waals surface area contributed by atoms with E-state index >= 15 is 0 Å². The first-order chi connectivity index (χ1) is 11.6. The lowest BCUT2D eigenvalue weighted by molar-refractivity contribution is 0.240. The van der Waals surface area contributed by atoms with E-state index in [0.717, 1.165) is 18.4 Å². The summed E-state index contributed by atoms with van der Waals surface area (Å²) in [5, 5.41) is 7.12. The molecule has 0 radical (unpaired) electrons. The largest absolute Gasteiger partial charge is 0.338 e. The average Bonchev–Trinajstić information content (AvgIpc) is 3.37. The highest BCUT2D eigenvalue weighted by Gasteiger charge is 2.44. The fourth-order valence-corrected chi connectivity index (χ4v) is 3.36. The number of carbonyl (C=O) groups is 1. The number of benzene rings is 2. The average molecular weight is 363 g/mol. The highest BCUT2D eigenvalue weighted by atomic mass is 35.5. The van der Waals surface area contributed by atoms with Crippen LogP contribution in [0.25, 0.3) is 0 Å². The number of hydrogen-bond acceptors (Lipinski definition) is 1. The summed E-state index contributed by atoms with van der Waals surface area (Å²) in [6.45, 7) is 1.20. The molecular formula is C19H20Cl2N2O. The zero-order valence-corrected chi connectivity index (χ0v) is 14.8. The van der Waals surface area contributed by atoms with Crippen LogP contribution in [0.3, 0.4) is 0 Å². The molecule has 0 aliphatic heterocycles. The van der Waals surface area contributed by atoms with Crippen molar-refractivity contribution in [1.29, 1.82) is 0 Å². The minimum absolute atomic E-state index is 0.123. The molecule has 1 aliphatic rings. The second-order valence-corrected chi connectivity index (χ2v) is 7.09. The van der Waals surface area contributed by atoms with Crippen LogP contribution in [0.1, 0.15) is 24.0 Å². The normalized spacial score (nSPS) is 14.9. The Kier molecular flexibility index (Phi) is 5.32. The van der Waals surface area contributed by atoms with Crippen LogP contribution in [0.5, 0.6) is 0 Å². The smallest absolute Gasteiger partial charge is 0.314 e. The fraction of sp³-hybridized carbons (Fsp3) is 0.316. The molecule has 0 saturated heterocycles. The predicted octanol–water partition coefficient (Wildman–Crippen LogP) is 4.57. The van der Waals surface area contributed by atoms with E-state index in [1.807, 2.05) is 24.3 Å². The van der Waals surface area contributed by atoms with Crippen LogP contribution in [0.15, 0.2) is 48.5 Å². The fourth-order valence-electron chi connectivity index (χ4n) is 2.86. The highest BCUT2D eigenvalue weighted by molar-refractivity contribution is 6.35. The summed E-state index contributed by atoms with van der Waals surface area (Å²) in [7, 11) is 0. The molecule has 5 heteroatoms.